The van der Waals surface area contributed by atoms with Gasteiger partial charge in [-0.3, -0.25) is 4.90 Å². The summed E-state index contributed by atoms with van der Waals surface area (Å²) in [5, 5.41) is 9.87. The molecule has 1 saturated heterocycles. The van der Waals surface area contributed by atoms with Gasteiger partial charge in [-0.05, 0) is 6.07 Å². The number of para-hydroxylation sites is 1. The summed E-state index contributed by atoms with van der Waals surface area (Å²) < 4.78 is 24.4. The summed E-state index contributed by atoms with van der Waals surface area (Å²) in [4.78, 5) is 1.87. The second-order valence-electron chi connectivity index (χ2n) is 5.12. The standard InChI is InChI=1S/C14H22N2O3S2/c1-2-21(18,19)14-10-20-8-7-16(14)9-13(17)11-5-3-4-6-12(11)15/h3-6,13-14,17H,2,7-10,15H2,1H3. The molecule has 0 amide bonds. The summed E-state index contributed by atoms with van der Waals surface area (Å²) >= 11 is 1.65. The van der Waals surface area contributed by atoms with Crippen molar-refractivity contribution >= 4 is 27.3 Å². The van der Waals surface area contributed by atoms with Crippen molar-refractivity contribution in [2.45, 2.75) is 18.4 Å². The van der Waals surface area contributed by atoms with E-state index in [1.807, 2.05) is 17.0 Å². The second-order valence-corrected chi connectivity index (χ2v) is 8.72. The van der Waals surface area contributed by atoms with Crippen LogP contribution >= 0.6 is 11.8 Å². The molecule has 5 nitrogen and oxygen atoms in total. The zero-order chi connectivity index (χ0) is 15.5. The zero-order valence-electron chi connectivity index (χ0n) is 12.1. The van der Waals surface area contributed by atoms with Crippen molar-refractivity contribution in [1.29, 1.82) is 0 Å². The zero-order valence-corrected chi connectivity index (χ0v) is 13.7. The van der Waals surface area contributed by atoms with E-state index < -0.39 is 21.3 Å². The minimum atomic E-state index is -3.15. The number of hydrogen-bond acceptors (Lipinski definition) is 6. The Kier molecular flexibility index (Phi) is 5.54. The summed E-state index contributed by atoms with van der Waals surface area (Å²) in [6.07, 6.45) is -0.774. The lowest BCUT2D eigenvalue weighted by molar-refractivity contribution is 0.111. The van der Waals surface area contributed by atoms with Crippen LogP contribution in [0.2, 0.25) is 0 Å². The average molecular weight is 330 g/mol. The van der Waals surface area contributed by atoms with E-state index in [2.05, 4.69) is 0 Å². The minimum Gasteiger partial charge on any atom is -0.398 e. The highest BCUT2D eigenvalue weighted by atomic mass is 32.2. The van der Waals surface area contributed by atoms with Crippen molar-refractivity contribution in [3.63, 3.8) is 0 Å². The van der Waals surface area contributed by atoms with Gasteiger partial charge in [-0.1, -0.05) is 25.1 Å². The van der Waals surface area contributed by atoms with Crippen LogP contribution in [0.15, 0.2) is 24.3 Å². The van der Waals surface area contributed by atoms with E-state index in [1.165, 1.54) is 0 Å². The number of nitrogens with two attached hydrogens (primary N) is 1. The maximum atomic E-state index is 12.2. The van der Waals surface area contributed by atoms with Crippen LogP contribution in [0.25, 0.3) is 0 Å². The molecule has 0 radical (unpaired) electrons. The van der Waals surface area contributed by atoms with Gasteiger partial charge in [-0.15, -0.1) is 0 Å². The summed E-state index contributed by atoms with van der Waals surface area (Å²) in [6, 6.07) is 7.15. The lowest BCUT2D eigenvalue weighted by atomic mass is 10.1. The maximum Gasteiger partial charge on any atom is 0.166 e. The molecule has 2 rings (SSSR count). The molecular weight excluding hydrogens is 308 g/mol. The monoisotopic (exact) mass is 330 g/mol. The molecule has 118 valence electrons. The molecule has 0 spiro atoms. The number of thioether (sulfide) groups is 1. The van der Waals surface area contributed by atoms with Gasteiger partial charge in [-0.25, -0.2) is 8.42 Å². The summed E-state index contributed by atoms with van der Waals surface area (Å²) in [6.45, 7) is 2.62. The number of rotatable bonds is 5. The van der Waals surface area contributed by atoms with E-state index in [9.17, 15) is 13.5 Å². The van der Waals surface area contributed by atoms with E-state index in [1.54, 1.807) is 30.8 Å². The molecule has 2 atom stereocenters. The minimum absolute atomic E-state index is 0.123. The van der Waals surface area contributed by atoms with Crippen LogP contribution in [0.4, 0.5) is 5.69 Å². The smallest absolute Gasteiger partial charge is 0.166 e. The Balaban J connectivity index is 2.14. The Morgan fingerprint density at radius 1 is 1.48 bits per heavy atom. The van der Waals surface area contributed by atoms with Gasteiger partial charge in [0.25, 0.3) is 0 Å². The topological polar surface area (TPSA) is 83.6 Å². The molecule has 2 unspecified atom stereocenters. The number of β-amino-alcohol motifs (C(OH)–C–C–N with tert-alkyl or cyclic N) is 1. The first kappa shape index (κ1) is 16.6. The highest BCUT2D eigenvalue weighted by Gasteiger charge is 2.34. The molecular formula is C14H22N2O3S2. The highest BCUT2D eigenvalue weighted by Crippen LogP contribution is 2.26. The molecule has 0 aliphatic carbocycles. The van der Waals surface area contributed by atoms with Crippen LogP contribution in [0.5, 0.6) is 0 Å². The third-order valence-electron chi connectivity index (χ3n) is 3.77. The number of nitrogen functional groups attached to an aromatic ring is 1. The number of hydrogen-bond donors (Lipinski definition) is 2. The molecule has 0 bridgehead atoms. The maximum absolute atomic E-state index is 12.2. The van der Waals surface area contributed by atoms with Gasteiger partial charge in [0.15, 0.2) is 9.84 Å². The number of sulfone groups is 1. The van der Waals surface area contributed by atoms with Crippen LogP contribution in [-0.2, 0) is 9.84 Å². The van der Waals surface area contributed by atoms with E-state index in [0.717, 1.165) is 5.75 Å². The highest BCUT2D eigenvalue weighted by molar-refractivity contribution is 8.01. The summed E-state index contributed by atoms with van der Waals surface area (Å²) in [5.41, 5.74) is 7.06. The average Bonchev–Trinajstić information content (AvgIpc) is 2.48. The number of nitrogens with zero attached hydrogens (tertiary/aromatic N) is 1. The van der Waals surface area contributed by atoms with E-state index in [0.29, 0.717) is 30.1 Å². The van der Waals surface area contributed by atoms with Crippen molar-refractivity contribution in [2.75, 3.05) is 36.1 Å². The molecule has 21 heavy (non-hydrogen) atoms. The van der Waals surface area contributed by atoms with Gasteiger partial charge in [0.1, 0.15) is 5.37 Å². The number of aliphatic hydroxyl groups excluding tert-OH is 1. The SMILES string of the molecule is CCS(=O)(=O)C1CSCCN1CC(O)c1ccccc1N. The first-order valence-electron chi connectivity index (χ1n) is 7.01. The Morgan fingerprint density at radius 3 is 2.86 bits per heavy atom. The van der Waals surface area contributed by atoms with Crippen molar-refractivity contribution < 1.29 is 13.5 Å². The molecule has 1 aromatic carbocycles. The fraction of sp³-hybridized carbons (Fsp3) is 0.571. The molecule has 7 heteroatoms. The Hall–Kier alpha value is -0.760. The van der Waals surface area contributed by atoms with Gasteiger partial charge in [-0.2, -0.15) is 11.8 Å². The Morgan fingerprint density at radius 2 is 2.19 bits per heavy atom. The van der Waals surface area contributed by atoms with E-state index >= 15 is 0 Å². The first-order chi connectivity index (χ1) is 9.95. The van der Waals surface area contributed by atoms with Gasteiger partial charge < -0.3 is 10.8 Å². The van der Waals surface area contributed by atoms with Gasteiger partial charge >= 0.3 is 0 Å². The molecule has 1 aliphatic rings. The second kappa shape index (κ2) is 7.00. The molecule has 1 aromatic rings. The van der Waals surface area contributed by atoms with Crippen LogP contribution in [-0.4, -0.2) is 54.1 Å². The Bertz CT molecular complexity index is 577. The van der Waals surface area contributed by atoms with Gasteiger partial charge in [0, 0.05) is 41.6 Å². The van der Waals surface area contributed by atoms with Gasteiger partial charge in [0.05, 0.1) is 6.10 Å². The van der Waals surface area contributed by atoms with Crippen LogP contribution in [0.3, 0.4) is 0 Å². The predicted octanol–water partition coefficient (Wildman–Crippen LogP) is 1.11. The largest absolute Gasteiger partial charge is 0.398 e. The third kappa shape index (κ3) is 3.91. The fourth-order valence-electron chi connectivity index (χ4n) is 2.48. The van der Waals surface area contributed by atoms with Crippen molar-refractivity contribution in [2.24, 2.45) is 0 Å². The van der Waals surface area contributed by atoms with Crippen molar-refractivity contribution in [3.8, 4) is 0 Å². The van der Waals surface area contributed by atoms with Crippen molar-refractivity contribution in [1.82, 2.24) is 4.90 Å². The molecule has 0 saturated carbocycles. The first-order valence-corrected chi connectivity index (χ1v) is 9.88. The molecule has 1 aliphatic heterocycles. The predicted molar refractivity (Wildman–Crippen MR) is 88.0 cm³/mol. The quantitative estimate of drug-likeness (QED) is 0.787. The molecule has 3 N–H and O–H groups in total. The number of benzene rings is 1. The Labute approximate surface area is 130 Å². The van der Waals surface area contributed by atoms with Crippen molar-refractivity contribution in [3.05, 3.63) is 29.8 Å². The summed E-state index contributed by atoms with van der Waals surface area (Å²) in [7, 11) is -3.15. The lowest BCUT2D eigenvalue weighted by Crippen LogP contribution is -2.49. The van der Waals surface area contributed by atoms with Crippen LogP contribution in [0, 0.1) is 0 Å². The van der Waals surface area contributed by atoms with Crippen LogP contribution in [0.1, 0.15) is 18.6 Å². The number of anilines is 1. The normalized spacial score (nSPS) is 22.1. The molecule has 1 heterocycles. The number of aliphatic hydroxyl groups is 1. The fourth-order valence-corrected chi connectivity index (χ4v) is 5.57. The third-order valence-corrected chi connectivity index (χ3v) is 7.10. The van der Waals surface area contributed by atoms with Gasteiger partial charge in [0.2, 0.25) is 0 Å². The molecule has 1 fully saturated rings. The summed E-state index contributed by atoms with van der Waals surface area (Å²) in [5.74, 6) is 1.57. The van der Waals surface area contributed by atoms with E-state index in [-0.39, 0.29) is 5.75 Å². The van der Waals surface area contributed by atoms with E-state index in [4.69, 9.17) is 5.73 Å². The van der Waals surface area contributed by atoms with Crippen LogP contribution < -0.4 is 5.73 Å². The lowest BCUT2D eigenvalue weighted by Gasteiger charge is -2.36. The molecule has 0 aromatic heterocycles.